The number of aromatic nitrogens is 2. The summed E-state index contributed by atoms with van der Waals surface area (Å²) in [5, 5.41) is 12.6. The van der Waals surface area contributed by atoms with E-state index >= 15 is 0 Å². The van der Waals surface area contributed by atoms with Crippen molar-refractivity contribution in [3.05, 3.63) is 57.8 Å². The molecule has 6 nitrogen and oxygen atoms in total. The van der Waals surface area contributed by atoms with Crippen molar-refractivity contribution in [2.45, 2.75) is 19.5 Å². The van der Waals surface area contributed by atoms with Crippen molar-refractivity contribution in [1.29, 1.82) is 5.26 Å². The second kappa shape index (κ2) is 8.22. The fraction of sp³-hybridized carbons (Fsp3) is 0.389. The quantitative estimate of drug-likeness (QED) is 0.796. The van der Waals surface area contributed by atoms with Crippen LogP contribution in [0.25, 0.3) is 0 Å². The monoisotopic (exact) mass is 377 g/mol. The largest absolute Gasteiger partial charge is 0.368 e. The van der Waals surface area contributed by atoms with Crippen LogP contribution in [0.5, 0.6) is 0 Å². The lowest BCUT2D eigenvalue weighted by atomic mass is 10.1. The summed E-state index contributed by atoms with van der Waals surface area (Å²) < 4.78 is 39.5. The second-order valence-electron chi connectivity index (χ2n) is 6.31. The van der Waals surface area contributed by atoms with Gasteiger partial charge >= 0.3 is 0 Å². The Kier molecular flexibility index (Phi) is 5.76. The van der Waals surface area contributed by atoms with Gasteiger partial charge in [0.05, 0.1) is 23.5 Å². The molecule has 2 aromatic rings. The van der Waals surface area contributed by atoms with E-state index in [-0.39, 0.29) is 5.56 Å². The highest BCUT2D eigenvalue weighted by Gasteiger charge is 2.19. The van der Waals surface area contributed by atoms with E-state index in [1.807, 2.05) is 11.0 Å². The maximum atomic E-state index is 14.0. The Labute approximate surface area is 154 Å². The average Bonchev–Trinajstić information content (AvgIpc) is 2.65. The number of hydrogen-bond acceptors (Lipinski definition) is 5. The van der Waals surface area contributed by atoms with E-state index in [1.54, 1.807) is 12.1 Å². The van der Waals surface area contributed by atoms with Gasteiger partial charge in [-0.3, -0.25) is 9.69 Å². The number of halogens is 3. The Balaban J connectivity index is 1.60. The summed E-state index contributed by atoms with van der Waals surface area (Å²) in [6.45, 7) is 2.23. The van der Waals surface area contributed by atoms with Gasteiger partial charge < -0.3 is 4.90 Å². The van der Waals surface area contributed by atoms with Crippen LogP contribution in [0.1, 0.15) is 11.1 Å². The summed E-state index contributed by atoms with van der Waals surface area (Å²) in [6.07, 6.45) is -1.22. The van der Waals surface area contributed by atoms with Gasteiger partial charge in [0.15, 0.2) is 0 Å². The summed E-state index contributed by atoms with van der Waals surface area (Å²) in [6, 6.07) is 7.65. The number of hydrogen-bond donors (Lipinski definition) is 0. The molecule has 0 aliphatic carbocycles. The second-order valence-corrected chi connectivity index (χ2v) is 6.31. The molecule has 0 bridgehead atoms. The Morgan fingerprint density at radius 2 is 1.93 bits per heavy atom. The molecule has 142 valence electrons. The average molecular weight is 377 g/mol. The van der Waals surface area contributed by atoms with Gasteiger partial charge in [0.1, 0.15) is 12.4 Å². The minimum Gasteiger partial charge on any atom is -0.368 e. The number of anilines is 1. The first-order chi connectivity index (χ1) is 13.0. The summed E-state index contributed by atoms with van der Waals surface area (Å²) in [5.41, 5.74) is 0.846. The van der Waals surface area contributed by atoms with Gasteiger partial charge in [-0.2, -0.15) is 10.4 Å². The van der Waals surface area contributed by atoms with Gasteiger partial charge in [-0.05, 0) is 12.1 Å². The van der Waals surface area contributed by atoms with Crippen LogP contribution in [0.3, 0.4) is 0 Å². The molecule has 0 N–H and O–H groups in total. The highest BCUT2D eigenvalue weighted by Crippen LogP contribution is 2.17. The fourth-order valence-electron chi connectivity index (χ4n) is 3.01. The number of benzene rings is 1. The maximum Gasteiger partial charge on any atom is 0.269 e. The third kappa shape index (κ3) is 4.65. The van der Waals surface area contributed by atoms with E-state index in [4.69, 9.17) is 5.26 Å². The number of nitrogens with zero attached hydrogens (tertiary/aromatic N) is 5. The first-order valence-electron chi connectivity index (χ1n) is 8.47. The molecule has 9 heteroatoms. The lowest BCUT2D eigenvalue weighted by molar-refractivity contribution is 0.119. The molecule has 27 heavy (non-hydrogen) atoms. The van der Waals surface area contributed by atoms with Crippen molar-refractivity contribution in [2.24, 2.45) is 0 Å². The van der Waals surface area contributed by atoms with Crippen LogP contribution < -0.4 is 10.5 Å². The number of nitriles is 1. The third-order valence-electron chi connectivity index (χ3n) is 4.48. The molecule has 1 saturated heterocycles. The molecular formula is C18H18F3N5O. The molecule has 2 heterocycles. The van der Waals surface area contributed by atoms with Crippen LogP contribution in [-0.4, -0.2) is 47.3 Å². The van der Waals surface area contributed by atoms with Crippen LogP contribution in [0.4, 0.5) is 18.9 Å². The smallest absolute Gasteiger partial charge is 0.269 e. The molecule has 0 spiro atoms. The topological polar surface area (TPSA) is 65.2 Å². The lowest BCUT2D eigenvalue weighted by Gasteiger charge is -2.35. The number of piperazine rings is 1. The molecule has 0 unspecified atom stereocenters. The molecule has 0 atom stereocenters. The molecule has 0 amide bonds. The molecule has 1 aromatic heterocycles. The highest BCUT2D eigenvalue weighted by molar-refractivity contribution is 5.43. The van der Waals surface area contributed by atoms with Crippen LogP contribution >= 0.6 is 0 Å². The van der Waals surface area contributed by atoms with Gasteiger partial charge in [0.25, 0.3) is 12.0 Å². The van der Waals surface area contributed by atoms with Gasteiger partial charge in [-0.15, -0.1) is 0 Å². The zero-order chi connectivity index (χ0) is 19.4. The predicted molar refractivity (Wildman–Crippen MR) is 93.1 cm³/mol. The molecule has 0 saturated carbocycles. The summed E-state index contributed by atoms with van der Waals surface area (Å²) in [4.78, 5) is 15.9. The minimum atomic E-state index is -2.63. The normalized spacial score (nSPS) is 15.1. The van der Waals surface area contributed by atoms with E-state index < -0.39 is 24.3 Å². The van der Waals surface area contributed by atoms with Gasteiger partial charge in [-0.1, -0.05) is 6.07 Å². The van der Waals surface area contributed by atoms with Crippen LogP contribution in [-0.2, 0) is 13.1 Å². The van der Waals surface area contributed by atoms with Crippen molar-refractivity contribution in [1.82, 2.24) is 14.7 Å². The van der Waals surface area contributed by atoms with Crippen molar-refractivity contribution >= 4 is 5.69 Å². The molecule has 1 aliphatic heterocycles. The molecular weight excluding hydrogens is 359 g/mol. The molecule has 1 fully saturated rings. The Morgan fingerprint density at radius 3 is 2.52 bits per heavy atom. The zero-order valence-corrected chi connectivity index (χ0v) is 14.5. The molecule has 1 aliphatic rings. The van der Waals surface area contributed by atoms with E-state index in [9.17, 15) is 18.0 Å². The number of rotatable bonds is 5. The zero-order valence-electron chi connectivity index (χ0n) is 14.5. The third-order valence-corrected chi connectivity index (χ3v) is 4.48. The first kappa shape index (κ1) is 18.9. The minimum absolute atomic E-state index is 0.287. The standard InChI is InChI=1S/C18H18F3N5O/c19-16-7-13(9-22)1-2-14(16)11-24-3-5-25(6-4-24)15-8-18(27)26(23-10-15)12-17(20)21/h1-2,7-8,10,17H,3-6,11-12H2. The summed E-state index contributed by atoms with van der Waals surface area (Å²) >= 11 is 0. The Bertz CT molecular complexity index is 901. The van der Waals surface area contributed by atoms with Gasteiger partial charge in [0.2, 0.25) is 0 Å². The van der Waals surface area contributed by atoms with E-state index in [1.165, 1.54) is 18.3 Å². The van der Waals surface area contributed by atoms with Crippen LogP contribution in [0.15, 0.2) is 35.3 Å². The lowest BCUT2D eigenvalue weighted by Crippen LogP contribution is -2.46. The van der Waals surface area contributed by atoms with E-state index in [0.717, 1.165) is 4.68 Å². The first-order valence-corrected chi connectivity index (χ1v) is 8.47. The molecule has 3 rings (SSSR count). The van der Waals surface area contributed by atoms with Crippen molar-refractivity contribution in [3.63, 3.8) is 0 Å². The number of alkyl halides is 2. The van der Waals surface area contributed by atoms with Crippen molar-refractivity contribution in [2.75, 3.05) is 31.1 Å². The van der Waals surface area contributed by atoms with Crippen LogP contribution in [0.2, 0.25) is 0 Å². The Morgan fingerprint density at radius 1 is 1.19 bits per heavy atom. The molecule has 0 radical (unpaired) electrons. The SMILES string of the molecule is N#Cc1ccc(CN2CCN(c3cnn(CC(F)F)c(=O)c3)CC2)c(F)c1. The highest BCUT2D eigenvalue weighted by atomic mass is 19.3. The summed E-state index contributed by atoms with van der Waals surface area (Å²) in [7, 11) is 0. The van der Waals surface area contributed by atoms with Gasteiger partial charge in [-0.25, -0.2) is 17.9 Å². The molecule has 1 aromatic carbocycles. The Hall–Kier alpha value is -2.86. The van der Waals surface area contributed by atoms with E-state index in [0.29, 0.717) is 44.0 Å². The summed E-state index contributed by atoms with van der Waals surface area (Å²) in [5.74, 6) is -0.400. The van der Waals surface area contributed by atoms with E-state index in [2.05, 4.69) is 10.00 Å². The van der Waals surface area contributed by atoms with Crippen molar-refractivity contribution in [3.8, 4) is 6.07 Å². The fourth-order valence-corrected chi connectivity index (χ4v) is 3.01. The van der Waals surface area contributed by atoms with Crippen LogP contribution in [0, 0.1) is 17.1 Å². The predicted octanol–water partition coefficient (Wildman–Crippen LogP) is 1.84. The maximum absolute atomic E-state index is 14.0. The van der Waals surface area contributed by atoms with Gasteiger partial charge in [0, 0.05) is 44.4 Å². The van der Waals surface area contributed by atoms with Crippen molar-refractivity contribution < 1.29 is 13.2 Å².